The molecule has 0 atom stereocenters. The molecule has 0 radical (unpaired) electrons. The highest BCUT2D eigenvalue weighted by molar-refractivity contribution is 7.90. The van der Waals surface area contributed by atoms with Gasteiger partial charge in [-0.15, -0.1) is 0 Å². The Morgan fingerprint density at radius 3 is 2.37 bits per heavy atom. The SMILES string of the molecule is Cc1cc(OCc2c(S(C)(=O)=O)ccc(C(=O)c3c(C)nn(C)c3O)c2Cl)n(C)n1. The highest BCUT2D eigenvalue weighted by Gasteiger charge is 2.27. The van der Waals surface area contributed by atoms with Gasteiger partial charge in [0, 0.05) is 37.5 Å². The van der Waals surface area contributed by atoms with E-state index >= 15 is 0 Å². The van der Waals surface area contributed by atoms with E-state index in [1.165, 1.54) is 28.5 Å². The lowest BCUT2D eigenvalue weighted by molar-refractivity contribution is 0.103. The molecule has 0 aliphatic rings. The van der Waals surface area contributed by atoms with Crippen molar-refractivity contribution in [1.82, 2.24) is 19.6 Å². The number of hydrogen-bond acceptors (Lipinski definition) is 7. The van der Waals surface area contributed by atoms with Crippen LogP contribution in [0.4, 0.5) is 0 Å². The number of hydrogen-bond donors (Lipinski definition) is 1. The Balaban J connectivity index is 2.10. The lowest BCUT2D eigenvalue weighted by atomic mass is 10.0. The fourth-order valence-corrected chi connectivity index (χ4v) is 4.46. The largest absolute Gasteiger partial charge is 0.493 e. The van der Waals surface area contributed by atoms with E-state index in [1.807, 2.05) is 0 Å². The standard InChI is InChI=1S/C19H21ClN4O5S/c1-10-8-15(23(3)21-10)29-9-13-14(30(5,27)28)7-6-12(17(13)20)18(25)16-11(2)22-24(4)19(16)26/h6-8,26H,9H2,1-5H3. The van der Waals surface area contributed by atoms with Gasteiger partial charge in [-0.05, 0) is 26.0 Å². The van der Waals surface area contributed by atoms with Gasteiger partial charge >= 0.3 is 0 Å². The van der Waals surface area contributed by atoms with E-state index in [0.29, 0.717) is 11.6 Å². The van der Waals surface area contributed by atoms with Crippen molar-refractivity contribution in [1.29, 1.82) is 0 Å². The topological polar surface area (TPSA) is 116 Å². The van der Waals surface area contributed by atoms with Gasteiger partial charge in [-0.3, -0.25) is 4.79 Å². The zero-order chi connectivity index (χ0) is 22.4. The molecule has 0 saturated carbocycles. The number of nitrogens with zero attached hydrogens (tertiary/aromatic N) is 4. The molecule has 9 nitrogen and oxygen atoms in total. The fraction of sp³-hybridized carbons (Fsp3) is 0.316. The summed E-state index contributed by atoms with van der Waals surface area (Å²) < 4.78 is 33.0. The molecule has 3 rings (SSSR count). The number of benzene rings is 1. The van der Waals surface area contributed by atoms with Crippen LogP contribution >= 0.6 is 11.6 Å². The van der Waals surface area contributed by atoms with Gasteiger partial charge in [-0.2, -0.15) is 10.2 Å². The van der Waals surface area contributed by atoms with Crippen molar-refractivity contribution in [3.8, 4) is 11.8 Å². The summed E-state index contributed by atoms with van der Waals surface area (Å²) in [6.07, 6.45) is 1.05. The quantitative estimate of drug-likeness (QED) is 0.570. The van der Waals surface area contributed by atoms with E-state index < -0.39 is 15.6 Å². The summed E-state index contributed by atoms with van der Waals surface area (Å²) in [4.78, 5) is 13.0. The van der Waals surface area contributed by atoms with Crippen LogP contribution in [-0.2, 0) is 30.5 Å². The second-order valence-corrected chi connectivity index (χ2v) is 9.31. The van der Waals surface area contributed by atoms with Crippen molar-refractivity contribution in [3.05, 3.63) is 51.3 Å². The third-order valence-corrected chi connectivity index (χ3v) is 6.20. The van der Waals surface area contributed by atoms with Crippen molar-refractivity contribution >= 4 is 27.2 Å². The Morgan fingerprint density at radius 1 is 1.20 bits per heavy atom. The molecule has 0 fully saturated rings. The van der Waals surface area contributed by atoms with Crippen molar-refractivity contribution in [2.75, 3.05) is 6.26 Å². The number of ether oxygens (including phenoxy) is 1. The van der Waals surface area contributed by atoms with E-state index in [9.17, 15) is 18.3 Å². The van der Waals surface area contributed by atoms with Crippen LogP contribution < -0.4 is 4.74 Å². The maximum atomic E-state index is 13.1. The first kappa shape index (κ1) is 21.8. The number of carbonyl (C=O) groups is 1. The van der Waals surface area contributed by atoms with Gasteiger partial charge in [-0.1, -0.05) is 11.6 Å². The number of aromatic hydroxyl groups is 1. The van der Waals surface area contributed by atoms with Crippen molar-refractivity contribution < 1.29 is 23.1 Å². The van der Waals surface area contributed by atoms with E-state index in [2.05, 4.69) is 10.2 Å². The average Bonchev–Trinajstić information content (AvgIpc) is 3.09. The highest BCUT2D eigenvalue weighted by atomic mass is 35.5. The van der Waals surface area contributed by atoms with E-state index in [0.717, 1.165) is 11.9 Å². The molecule has 30 heavy (non-hydrogen) atoms. The van der Waals surface area contributed by atoms with Gasteiger partial charge in [0.15, 0.2) is 9.84 Å². The van der Waals surface area contributed by atoms with E-state index in [1.54, 1.807) is 27.0 Å². The van der Waals surface area contributed by atoms with Crippen LogP contribution in [0.2, 0.25) is 5.02 Å². The van der Waals surface area contributed by atoms with E-state index in [-0.39, 0.29) is 39.1 Å². The van der Waals surface area contributed by atoms with E-state index in [4.69, 9.17) is 16.3 Å². The van der Waals surface area contributed by atoms with Gasteiger partial charge in [0.05, 0.1) is 21.3 Å². The first-order chi connectivity index (χ1) is 13.9. The first-order valence-electron chi connectivity index (χ1n) is 8.84. The van der Waals surface area contributed by atoms with Crippen molar-refractivity contribution in [2.45, 2.75) is 25.3 Å². The molecule has 0 saturated heterocycles. The molecule has 2 heterocycles. The smallest absolute Gasteiger partial charge is 0.220 e. The molecule has 0 aliphatic carbocycles. The molecule has 0 aliphatic heterocycles. The van der Waals surface area contributed by atoms with Crippen LogP contribution in [0.15, 0.2) is 23.1 Å². The zero-order valence-corrected chi connectivity index (χ0v) is 18.7. The molecule has 3 aromatic rings. The molecule has 1 aromatic carbocycles. The number of sulfone groups is 1. The van der Waals surface area contributed by atoms with Crippen LogP contribution in [0.1, 0.15) is 32.9 Å². The molecule has 11 heteroatoms. The molecule has 160 valence electrons. The van der Waals surface area contributed by atoms with Crippen molar-refractivity contribution in [2.24, 2.45) is 14.1 Å². The summed E-state index contributed by atoms with van der Waals surface area (Å²) in [5.74, 6) is -0.454. The first-order valence-corrected chi connectivity index (χ1v) is 11.1. The van der Waals surface area contributed by atoms with Crippen molar-refractivity contribution in [3.63, 3.8) is 0 Å². The number of carbonyl (C=O) groups excluding carboxylic acids is 1. The number of aryl methyl sites for hydroxylation is 4. The van der Waals surface area contributed by atoms with Crippen LogP contribution in [0.5, 0.6) is 11.8 Å². The summed E-state index contributed by atoms with van der Waals surface area (Å²) in [5.41, 5.74) is 1.24. The Bertz CT molecular complexity index is 1260. The molecule has 0 spiro atoms. The van der Waals surface area contributed by atoms with Crippen LogP contribution in [-0.4, -0.2) is 45.1 Å². The number of aromatic nitrogens is 4. The minimum absolute atomic E-state index is 0.000586. The number of rotatable bonds is 6. The average molecular weight is 453 g/mol. The van der Waals surface area contributed by atoms with Gasteiger partial charge in [0.1, 0.15) is 12.2 Å². The third-order valence-electron chi connectivity index (χ3n) is 4.59. The predicted octanol–water partition coefficient (Wildman–Crippen LogP) is 2.34. The second-order valence-electron chi connectivity index (χ2n) is 6.95. The molecular weight excluding hydrogens is 432 g/mol. The number of ketones is 1. The summed E-state index contributed by atoms with van der Waals surface area (Å²) in [6, 6.07) is 4.33. The van der Waals surface area contributed by atoms with Gasteiger partial charge in [-0.25, -0.2) is 17.8 Å². The van der Waals surface area contributed by atoms with Crippen LogP contribution in [0.25, 0.3) is 0 Å². The summed E-state index contributed by atoms with van der Waals surface area (Å²) in [6.45, 7) is 3.18. The predicted molar refractivity (Wildman–Crippen MR) is 110 cm³/mol. The maximum Gasteiger partial charge on any atom is 0.220 e. The minimum atomic E-state index is -3.65. The van der Waals surface area contributed by atoms with Gasteiger partial charge in [0.2, 0.25) is 17.5 Å². The van der Waals surface area contributed by atoms with Gasteiger partial charge in [0.25, 0.3) is 0 Å². The van der Waals surface area contributed by atoms with Crippen LogP contribution in [0, 0.1) is 13.8 Å². The Kier molecular flexibility index (Phi) is 5.66. The Morgan fingerprint density at radius 2 is 1.87 bits per heavy atom. The Labute approximate surface area is 178 Å². The second kappa shape index (κ2) is 7.77. The Hall–Kier alpha value is -2.85. The molecule has 1 N–H and O–H groups in total. The zero-order valence-electron chi connectivity index (χ0n) is 17.1. The monoisotopic (exact) mass is 452 g/mol. The molecule has 0 amide bonds. The molecule has 0 bridgehead atoms. The lowest BCUT2D eigenvalue weighted by Crippen LogP contribution is -2.12. The number of halogens is 1. The van der Waals surface area contributed by atoms with Crippen LogP contribution in [0.3, 0.4) is 0 Å². The third kappa shape index (κ3) is 3.92. The normalized spacial score (nSPS) is 11.7. The highest BCUT2D eigenvalue weighted by Crippen LogP contribution is 2.33. The van der Waals surface area contributed by atoms with Gasteiger partial charge < -0.3 is 9.84 Å². The maximum absolute atomic E-state index is 13.1. The minimum Gasteiger partial charge on any atom is -0.493 e. The summed E-state index contributed by atoms with van der Waals surface area (Å²) in [5, 5.41) is 18.3. The molecule has 0 unspecified atom stereocenters. The molecular formula is C19H21ClN4O5S. The summed E-state index contributed by atoms with van der Waals surface area (Å²) >= 11 is 6.49. The summed E-state index contributed by atoms with van der Waals surface area (Å²) in [7, 11) is -0.456. The lowest BCUT2D eigenvalue weighted by Gasteiger charge is -2.14. The molecule has 2 aromatic heterocycles. The fourth-order valence-electron chi connectivity index (χ4n) is 3.18.